The smallest absolute Gasteiger partial charge is 0.244 e. The lowest BCUT2D eigenvalue weighted by molar-refractivity contribution is 0.389. The number of halogens is 1. The lowest BCUT2D eigenvalue weighted by atomic mass is 10.0. The van der Waals surface area contributed by atoms with Crippen LogP contribution in [0.25, 0.3) is 0 Å². The van der Waals surface area contributed by atoms with E-state index in [4.69, 9.17) is 10.5 Å². The molecule has 0 aliphatic heterocycles. The quantitative estimate of drug-likeness (QED) is 0.825. The van der Waals surface area contributed by atoms with Gasteiger partial charge in [0.1, 0.15) is 10.6 Å². The summed E-state index contributed by atoms with van der Waals surface area (Å²) < 4.78 is 34.2. The van der Waals surface area contributed by atoms with Crippen LogP contribution in [0.3, 0.4) is 0 Å². The molecule has 0 heterocycles. The molecule has 0 aromatic heterocycles. The monoisotopic (exact) mass is 376 g/mol. The molecule has 5 nitrogen and oxygen atoms in total. The van der Waals surface area contributed by atoms with E-state index in [0.29, 0.717) is 12.3 Å². The molecule has 1 saturated carbocycles. The molecule has 7 heteroatoms. The van der Waals surface area contributed by atoms with Gasteiger partial charge in [-0.15, -0.1) is 0 Å². The van der Waals surface area contributed by atoms with E-state index in [2.05, 4.69) is 20.7 Å². The molecule has 118 valence electrons. The second kappa shape index (κ2) is 6.24. The number of rotatable bonds is 5. The van der Waals surface area contributed by atoms with Crippen LogP contribution in [0.4, 0.5) is 0 Å². The number of ether oxygens (including phenoxy) is 1. The van der Waals surface area contributed by atoms with E-state index in [0.717, 1.165) is 35.7 Å². The molecule has 1 aromatic carbocycles. The van der Waals surface area contributed by atoms with Crippen LogP contribution in [-0.4, -0.2) is 27.6 Å². The molecule has 1 aliphatic carbocycles. The first-order chi connectivity index (χ1) is 9.83. The summed E-state index contributed by atoms with van der Waals surface area (Å²) >= 11 is 3.37. The van der Waals surface area contributed by atoms with Gasteiger partial charge in [0.25, 0.3) is 0 Å². The van der Waals surface area contributed by atoms with Crippen molar-refractivity contribution in [1.82, 2.24) is 4.72 Å². The Labute approximate surface area is 134 Å². The molecule has 0 amide bonds. The second-order valence-electron chi connectivity index (χ2n) is 5.55. The molecule has 21 heavy (non-hydrogen) atoms. The highest BCUT2D eigenvalue weighted by Gasteiger charge is 2.37. The highest BCUT2D eigenvalue weighted by molar-refractivity contribution is 9.10. The molecule has 2 rings (SSSR count). The molecule has 1 aliphatic rings. The van der Waals surface area contributed by atoms with Crippen LogP contribution in [0.2, 0.25) is 0 Å². The van der Waals surface area contributed by atoms with Crippen molar-refractivity contribution in [3.05, 3.63) is 22.2 Å². The Kier molecular flexibility index (Phi) is 4.97. The Morgan fingerprint density at radius 2 is 2.00 bits per heavy atom. The minimum absolute atomic E-state index is 0.141. The predicted molar refractivity (Wildman–Crippen MR) is 86.0 cm³/mol. The molecular formula is C14H21BrN2O3S. The Hall–Kier alpha value is -0.630. The fourth-order valence-electron chi connectivity index (χ4n) is 2.75. The summed E-state index contributed by atoms with van der Waals surface area (Å²) in [6, 6.07) is 3.29. The number of nitrogens with two attached hydrogens (primary N) is 1. The zero-order chi connectivity index (χ0) is 15.7. The number of benzene rings is 1. The SMILES string of the molecule is COc1cc(C)c(Br)cc1S(=O)(=O)NC1(CN)CCCC1. The Morgan fingerprint density at radius 1 is 1.38 bits per heavy atom. The van der Waals surface area contributed by atoms with Gasteiger partial charge in [-0.2, -0.15) is 0 Å². The van der Waals surface area contributed by atoms with Gasteiger partial charge < -0.3 is 10.5 Å². The van der Waals surface area contributed by atoms with Crippen molar-refractivity contribution in [3.8, 4) is 5.75 Å². The molecule has 1 aromatic rings. The van der Waals surface area contributed by atoms with E-state index in [1.54, 1.807) is 12.1 Å². The first-order valence-electron chi connectivity index (χ1n) is 6.92. The lowest BCUT2D eigenvalue weighted by Gasteiger charge is -2.28. The maximum atomic E-state index is 12.7. The first kappa shape index (κ1) is 16.7. The number of nitrogens with one attached hydrogen (secondary N) is 1. The van der Waals surface area contributed by atoms with Gasteiger partial charge in [-0.1, -0.05) is 28.8 Å². The third-order valence-electron chi connectivity index (χ3n) is 4.04. The number of aryl methyl sites for hydroxylation is 1. The van der Waals surface area contributed by atoms with Crippen LogP contribution in [0, 0.1) is 6.92 Å². The summed E-state index contributed by atoms with van der Waals surface area (Å²) in [4.78, 5) is 0.141. The van der Waals surface area contributed by atoms with Crippen molar-refractivity contribution in [2.24, 2.45) is 5.73 Å². The third kappa shape index (κ3) is 3.41. The van der Waals surface area contributed by atoms with Gasteiger partial charge in [-0.05, 0) is 37.5 Å². The van der Waals surface area contributed by atoms with Crippen LogP contribution < -0.4 is 15.2 Å². The highest BCUT2D eigenvalue weighted by Crippen LogP contribution is 2.34. The van der Waals surface area contributed by atoms with Gasteiger partial charge in [0.05, 0.1) is 7.11 Å². The zero-order valence-corrected chi connectivity index (χ0v) is 14.7. The van der Waals surface area contributed by atoms with Gasteiger partial charge >= 0.3 is 0 Å². The molecule has 3 N–H and O–H groups in total. The van der Waals surface area contributed by atoms with E-state index in [-0.39, 0.29) is 4.90 Å². The fourth-order valence-corrected chi connectivity index (χ4v) is 4.89. The minimum atomic E-state index is -3.68. The largest absolute Gasteiger partial charge is 0.495 e. The summed E-state index contributed by atoms with van der Waals surface area (Å²) in [5.41, 5.74) is 6.20. The van der Waals surface area contributed by atoms with Crippen LogP contribution in [0.5, 0.6) is 5.75 Å². The van der Waals surface area contributed by atoms with E-state index >= 15 is 0 Å². The number of hydrogen-bond acceptors (Lipinski definition) is 4. The molecule has 0 unspecified atom stereocenters. The fraction of sp³-hybridized carbons (Fsp3) is 0.571. The standard InChI is InChI=1S/C14H21BrN2O3S/c1-10-7-12(20-2)13(8-11(10)15)21(18,19)17-14(9-16)5-3-4-6-14/h7-8,17H,3-6,9,16H2,1-2H3. The van der Waals surface area contributed by atoms with Gasteiger partial charge in [0.15, 0.2) is 0 Å². The van der Waals surface area contributed by atoms with Crippen LogP contribution in [0.15, 0.2) is 21.5 Å². The van der Waals surface area contributed by atoms with Crippen molar-refractivity contribution in [2.75, 3.05) is 13.7 Å². The zero-order valence-electron chi connectivity index (χ0n) is 12.3. The van der Waals surface area contributed by atoms with Gasteiger partial charge in [-0.3, -0.25) is 0 Å². The Morgan fingerprint density at radius 3 is 2.52 bits per heavy atom. The van der Waals surface area contributed by atoms with Gasteiger partial charge in [-0.25, -0.2) is 13.1 Å². The average molecular weight is 377 g/mol. The normalized spacial score (nSPS) is 17.9. The first-order valence-corrected chi connectivity index (χ1v) is 9.19. The molecule has 0 spiro atoms. The van der Waals surface area contributed by atoms with Crippen molar-refractivity contribution in [3.63, 3.8) is 0 Å². The van der Waals surface area contributed by atoms with Crippen LogP contribution in [-0.2, 0) is 10.0 Å². The maximum Gasteiger partial charge on any atom is 0.244 e. The van der Waals surface area contributed by atoms with E-state index in [1.807, 2.05) is 6.92 Å². The topological polar surface area (TPSA) is 81.4 Å². The Balaban J connectivity index is 2.42. The number of sulfonamides is 1. The van der Waals surface area contributed by atoms with Crippen LogP contribution in [0.1, 0.15) is 31.2 Å². The van der Waals surface area contributed by atoms with Gasteiger partial charge in [0, 0.05) is 16.6 Å². The second-order valence-corrected chi connectivity index (χ2v) is 8.05. The summed E-state index contributed by atoms with van der Waals surface area (Å²) in [6.07, 6.45) is 3.54. The van der Waals surface area contributed by atoms with Crippen LogP contribution >= 0.6 is 15.9 Å². The summed E-state index contributed by atoms with van der Waals surface area (Å²) in [5, 5.41) is 0. The summed E-state index contributed by atoms with van der Waals surface area (Å²) in [5.74, 6) is 0.341. The number of methoxy groups -OCH3 is 1. The highest BCUT2D eigenvalue weighted by atomic mass is 79.9. The molecule has 0 saturated heterocycles. The molecule has 0 bridgehead atoms. The minimum Gasteiger partial charge on any atom is -0.495 e. The third-order valence-corrected chi connectivity index (χ3v) is 6.49. The van der Waals surface area contributed by atoms with E-state index in [1.165, 1.54) is 7.11 Å². The van der Waals surface area contributed by atoms with Crippen molar-refractivity contribution < 1.29 is 13.2 Å². The molecular weight excluding hydrogens is 356 g/mol. The van der Waals surface area contributed by atoms with Gasteiger partial charge in [0.2, 0.25) is 10.0 Å². The maximum absolute atomic E-state index is 12.7. The lowest BCUT2D eigenvalue weighted by Crippen LogP contribution is -2.51. The van der Waals surface area contributed by atoms with Crippen molar-refractivity contribution >= 4 is 26.0 Å². The molecule has 0 atom stereocenters. The van der Waals surface area contributed by atoms with Crippen molar-refractivity contribution in [2.45, 2.75) is 43.0 Å². The van der Waals surface area contributed by atoms with Crippen molar-refractivity contribution in [1.29, 1.82) is 0 Å². The summed E-state index contributed by atoms with van der Waals surface area (Å²) in [7, 11) is -2.21. The van der Waals surface area contributed by atoms with E-state index < -0.39 is 15.6 Å². The van der Waals surface area contributed by atoms with E-state index in [9.17, 15) is 8.42 Å². The summed E-state index contributed by atoms with van der Waals surface area (Å²) in [6.45, 7) is 2.19. The number of hydrogen-bond donors (Lipinski definition) is 2. The Bertz CT molecular complexity index is 625. The molecule has 0 radical (unpaired) electrons. The molecule has 1 fully saturated rings. The predicted octanol–water partition coefficient (Wildman–Crippen LogP) is 2.32. The average Bonchev–Trinajstić information content (AvgIpc) is 2.89.